The van der Waals surface area contributed by atoms with Crippen molar-refractivity contribution in [2.24, 2.45) is 4.99 Å². The number of aliphatic imine (C=N–C) groups is 1. The molecule has 1 N–H and O–H groups in total. The lowest BCUT2D eigenvalue weighted by Gasteiger charge is -2.12. The Bertz CT molecular complexity index is 1230. The van der Waals surface area contributed by atoms with Crippen LogP contribution >= 0.6 is 11.6 Å². The number of hydrogen-bond donors (Lipinski definition) is 1. The number of nitrogens with one attached hydrogen (secondary N) is 1. The van der Waals surface area contributed by atoms with Gasteiger partial charge in [-0.2, -0.15) is 0 Å². The minimum absolute atomic E-state index is 0.196. The van der Waals surface area contributed by atoms with Crippen molar-refractivity contribution in [2.75, 3.05) is 5.32 Å². The SMILES string of the molecule is Cc1cccn2c(=O)c(C=Nc3ccccc3)c(Nc3cccc(Cl)c3)nc12. The van der Waals surface area contributed by atoms with Gasteiger partial charge in [0.05, 0.1) is 5.69 Å². The number of aryl methyl sites for hydroxylation is 1. The summed E-state index contributed by atoms with van der Waals surface area (Å²) >= 11 is 6.09. The zero-order valence-electron chi connectivity index (χ0n) is 15.1. The molecule has 0 bridgehead atoms. The highest BCUT2D eigenvalue weighted by atomic mass is 35.5. The smallest absolute Gasteiger partial charge is 0.268 e. The number of hydrogen-bond acceptors (Lipinski definition) is 4. The summed E-state index contributed by atoms with van der Waals surface area (Å²) in [5, 5.41) is 3.81. The molecule has 2 aromatic heterocycles. The van der Waals surface area contributed by atoms with E-state index in [-0.39, 0.29) is 5.56 Å². The van der Waals surface area contributed by atoms with Crippen LogP contribution in [0.25, 0.3) is 5.65 Å². The van der Waals surface area contributed by atoms with Gasteiger partial charge in [-0.3, -0.25) is 14.2 Å². The normalized spacial score (nSPS) is 11.2. The maximum atomic E-state index is 13.1. The molecule has 4 aromatic rings. The van der Waals surface area contributed by atoms with Gasteiger partial charge in [0, 0.05) is 23.1 Å². The monoisotopic (exact) mass is 388 g/mol. The average molecular weight is 389 g/mol. The summed E-state index contributed by atoms with van der Waals surface area (Å²) in [6.07, 6.45) is 3.26. The standard InChI is InChI=1S/C22H17ClN4O/c1-15-7-6-12-27-21(15)26-20(25-18-11-5-8-16(23)13-18)19(22(27)28)14-24-17-9-3-2-4-10-17/h2-14,25H,1H3. The maximum Gasteiger partial charge on any atom is 0.268 e. The highest BCUT2D eigenvalue weighted by Crippen LogP contribution is 2.21. The third kappa shape index (κ3) is 3.66. The maximum absolute atomic E-state index is 13.1. The van der Waals surface area contributed by atoms with E-state index in [0.717, 1.165) is 16.9 Å². The topological polar surface area (TPSA) is 58.8 Å². The Morgan fingerprint density at radius 3 is 2.68 bits per heavy atom. The molecule has 28 heavy (non-hydrogen) atoms. The molecule has 0 aliphatic heterocycles. The predicted octanol–water partition coefficient (Wildman–Crippen LogP) is 5.15. The Kier molecular flexibility index (Phi) is 4.91. The van der Waals surface area contributed by atoms with Gasteiger partial charge in [-0.05, 0) is 48.9 Å². The minimum Gasteiger partial charge on any atom is -0.339 e. The van der Waals surface area contributed by atoms with Crippen molar-refractivity contribution in [3.63, 3.8) is 0 Å². The number of aromatic nitrogens is 2. The lowest BCUT2D eigenvalue weighted by atomic mass is 10.2. The largest absolute Gasteiger partial charge is 0.339 e. The summed E-state index contributed by atoms with van der Waals surface area (Å²) in [6.45, 7) is 1.92. The first-order valence-electron chi connectivity index (χ1n) is 8.75. The lowest BCUT2D eigenvalue weighted by Crippen LogP contribution is -2.22. The molecule has 0 fully saturated rings. The number of pyridine rings is 1. The van der Waals surface area contributed by atoms with Gasteiger partial charge in [0.1, 0.15) is 17.0 Å². The van der Waals surface area contributed by atoms with Gasteiger partial charge in [0.25, 0.3) is 5.56 Å². The molecule has 2 aromatic carbocycles. The van der Waals surface area contributed by atoms with E-state index in [1.54, 1.807) is 24.5 Å². The molecule has 2 heterocycles. The second kappa shape index (κ2) is 7.66. The highest BCUT2D eigenvalue weighted by molar-refractivity contribution is 6.30. The molecule has 0 saturated carbocycles. The van der Waals surface area contributed by atoms with Gasteiger partial charge in [-0.1, -0.05) is 41.9 Å². The van der Waals surface area contributed by atoms with Crippen molar-refractivity contribution in [2.45, 2.75) is 6.92 Å². The minimum atomic E-state index is -0.196. The zero-order valence-corrected chi connectivity index (χ0v) is 15.9. The van der Waals surface area contributed by atoms with Crippen molar-refractivity contribution in [3.8, 4) is 0 Å². The number of para-hydroxylation sites is 1. The third-order valence-corrected chi connectivity index (χ3v) is 4.51. The number of anilines is 2. The second-order valence-corrected chi connectivity index (χ2v) is 6.73. The molecule has 0 aliphatic rings. The highest BCUT2D eigenvalue weighted by Gasteiger charge is 2.13. The molecule has 6 heteroatoms. The van der Waals surface area contributed by atoms with Crippen LogP contribution in [0.2, 0.25) is 5.02 Å². The number of fused-ring (bicyclic) bond motifs is 1. The number of benzene rings is 2. The van der Waals surface area contributed by atoms with Gasteiger partial charge in [-0.15, -0.1) is 0 Å². The Labute approximate surface area is 167 Å². The van der Waals surface area contributed by atoms with Crippen LogP contribution in [0, 0.1) is 6.92 Å². The van der Waals surface area contributed by atoms with Crippen LogP contribution in [0.4, 0.5) is 17.2 Å². The summed E-state index contributed by atoms with van der Waals surface area (Å²) in [7, 11) is 0. The molecule has 5 nitrogen and oxygen atoms in total. The number of nitrogens with zero attached hydrogens (tertiary/aromatic N) is 3. The van der Waals surface area contributed by atoms with Crippen LogP contribution in [0.5, 0.6) is 0 Å². The first kappa shape index (κ1) is 17.9. The van der Waals surface area contributed by atoms with E-state index in [2.05, 4.69) is 10.3 Å². The van der Waals surface area contributed by atoms with Crippen LogP contribution < -0.4 is 10.9 Å². The van der Waals surface area contributed by atoms with E-state index in [9.17, 15) is 4.79 Å². The van der Waals surface area contributed by atoms with Gasteiger partial charge >= 0.3 is 0 Å². The van der Waals surface area contributed by atoms with Crippen molar-refractivity contribution < 1.29 is 0 Å². The van der Waals surface area contributed by atoms with Gasteiger partial charge in [0.2, 0.25) is 0 Å². The van der Waals surface area contributed by atoms with Crippen molar-refractivity contribution in [1.82, 2.24) is 9.38 Å². The summed E-state index contributed by atoms with van der Waals surface area (Å²) in [5.41, 5.74) is 3.16. The van der Waals surface area contributed by atoms with E-state index in [0.29, 0.717) is 22.1 Å². The Hall–Kier alpha value is -3.44. The van der Waals surface area contributed by atoms with Crippen LogP contribution in [0.15, 0.2) is 82.7 Å². The van der Waals surface area contributed by atoms with E-state index in [1.165, 1.54) is 4.40 Å². The molecule has 0 amide bonds. The summed E-state index contributed by atoms with van der Waals surface area (Å²) in [5.74, 6) is 0.432. The molecular weight excluding hydrogens is 372 g/mol. The average Bonchev–Trinajstić information content (AvgIpc) is 2.69. The molecule has 0 unspecified atom stereocenters. The summed E-state index contributed by atoms with van der Waals surface area (Å²) in [6, 6.07) is 20.5. The molecule has 138 valence electrons. The first-order valence-corrected chi connectivity index (χ1v) is 9.13. The zero-order chi connectivity index (χ0) is 19.5. The summed E-state index contributed by atoms with van der Waals surface area (Å²) in [4.78, 5) is 22.3. The van der Waals surface area contributed by atoms with E-state index in [1.807, 2.05) is 61.5 Å². The van der Waals surface area contributed by atoms with E-state index in [4.69, 9.17) is 16.6 Å². The molecule has 0 saturated heterocycles. The third-order valence-electron chi connectivity index (χ3n) is 4.27. The molecule has 0 spiro atoms. The molecule has 4 rings (SSSR count). The Morgan fingerprint density at radius 2 is 1.89 bits per heavy atom. The molecule has 0 radical (unpaired) electrons. The predicted molar refractivity (Wildman–Crippen MR) is 115 cm³/mol. The van der Waals surface area contributed by atoms with Crippen LogP contribution in [0.3, 0.4) is 0 Å². The Balaban J connectivity index is 1.88. The first-order chi connectivity index (χ1) is 13.6. The summed E-state index contributed by atoms with van der Waals surface area (Å²) < 4.78 is 1.53. The molecule has 0 aliphatic carbocycles. The van der Waals surface area contributed by atoms with Gasteiger partial charge in [-0.25, -0.2) is 4.98 Å². The van der Waals surface area contributed by atoms with Crippen LogP contribution in [-0.2, 0) is 0 Å². The van der Waals surface area contributed by atoms with Crippen LogP contribution in [0.1, 0.15) is 11.1 Å². The van der Waals surface area contributed by atoms with Gasteiger partial charge in [0.15, 0.2) is 0 Å². The van der Waals surface area contributed by atoms with E-state index >= 15 is 0 Å². The van der Waals surface area contributed by atoms with Crippen molar-refractivity contribution in [3.05, 3.63) is 99.4 Å². The van der Waals surface area contributed by atoms with Crippen LogP contribution in [-0.4, -0.2) is 15.6 Å². The molecular formula is C22H17ClN4O. The Morgan fingerprint density at radius 1 is 1.07 bits per heavy atom. The second-order valence-electron chi connectivity index (χ2n) is 6.29. The quantitative estimate of drug-likeness (QED) is 0.492. The number of halogens is 1. The number of rotatable bonds is 4. The van der Waals surface area contributed by atoms with Crippen molar-refractivity contribution in [1.29, 1.82) is 0 Å². The van der Waals surface area contributed by atoms with Crippen molar-refractivity contribution >= 4 is 40.7 Å². The fourth-order valence-corrected chi connectivity index (χ4v) is 3.07. The molecule has 0 atom stereocenters. The van der Waals surface area contributed by atoms with Gasteiger partial charge < -0.3 is 5.32 Å². The van der Waals surface area contributed by atoms with E-state index < -0.39 is 0 Å². The fourth-order valence-electron chi connectivity index (χ4n) is 2.88. The fraction of sp³-hybridized carbons (Fsp3) is 0.0455. The lowest BCUT2D eigenvalue weighted by molar-refractivity contribution is 1.03.